The topological polar surface area (TPSA) is 76.7 Å². The molecule has 6 heteroatoms. The van der Waals surface area contributed by atoms with Crippen LogP contribution in [0.3, 0.4) is 0 Å². The number of nitrogens with one attached hydrogen (secondary N) is 2. The van der Waals surface area contributed by atoms with Gasteiger partial charge in [-0.3, -0.25) is 9.59 Å². The molecule has 30 heavy (non-hydrogen) atoms. The van der Waals surface area contributed by atoms with Gasteiger partial charge in [-0.25, -0.2) is 0 Å². The van der Waals surface area contributed by atoms with Crippen molar-refractivity contribution in [2.24, 2.45) is 0 Å². The van der Waals surface area contributed by atoms with Crippen molar-refractivity contribution in [3.05, 3.63) is 83.9 Å². The Hall–Kier alpha value is -3.80. The summed E-state index contributed by atoms with van der Waals surface area (Å²) in [4.78, 5) is 24.5. The van der Waals surface area contributed by atoms with Gasteiger partial charge in [0.15, 0.2) is 6.61 Å². The second-order valence-corrected chi connectivity index (χ2v) is 6.64. The molecule has 0 radical (unpaired) electrons. The van der Waals surface area contributed by atoms with Crippen LogP contribution < -0.4 is 20.1 Å². The van der Waals surface area contributed by atoms with E-state index in [2.05, 4.69) is 10.6 Å². The third kappa shape index (κ3) is 6.10. The summed E-state index contributed by atoms with van der Waals surface area (Å²) in [6.45, 7) is 4.37. The molecular weight excluding hydrogens is 380 g/mol. The minimum Gasteiger partial charge on any atom is -0.494 e. The normalized spacial score (nSPS) is 10.2. The molecule has 0 spiro atoms. The minimum absolute atomic E-state index is 0.0938. The van der Waals surface area contributed by atoms with E-state index in [0.29, 0.717) is 29.3 Å². The summed E-state index contributed by atoms with van der Waals surface area (Å²) in [5.74, 6) is 0.886. The van der Waals surface area contributed by atoms with Crippen molar-refractivity contribution in [2.45, 2.75) is 13.8 Å². The average Bonchev–Trinajstić information content (AvgIpc) is 2.74. The Kier molecular flexibility index (Phi) is 7.05. The van der Waals surface area contributed by atoms with Gasteiger partial charge in [0.25, 0.3) is 11.8 Å². The molecule has 3 aromatic carbocycles. The largest absolute Gasteiger partial charge is 0.494 e. The molecule has 0 heterocycles. The molecule has 6 nitrogen and oxygen atoms in total. The number of ether oxygens (including phenoxy) is 2. The Labute approximate surface area is 175 Å². The van der Waals surface area contributed by atoms with Gasteiger partial charge in [0, 0.05) is 16.9 Å². The predicted molar refractivity (Wildman–Crippen MR) is 117 cm³/mol. The van der Waals surface area contributed by atoms with Gasteiger partial charge in [-0.2, -0.15) is 0 Å². The van der Waals surface area contributed by atoms with Gasteiger partial charge in [-0.1, -0.05) is 12.1 Å². The number of hydrogen-bond donors (Lipinski definition) is 2. The van der Waals surface area contributed by atoms with Crippen molar-refractivity contribution in [3.8, 4) is 11.5 Å². The van der Waals surface area contributed by atoms with Crippen LogP contribution in [0.25, 0.3) is 0 Å². The van der Waals surface area contributed by atoms with Crippen LogP contribution in [0, 0.1) is 6.92 Å². The van der Waals surface area contributed by atoms with E-state index in [0.717, 1.165) is 11.3 Å². The van der Waals surface area contributed by atoms with Crippen LogP contribution in [0.15, 0.2) is 72.8 Å². The number of amides is 2. The van der Waals surface area contributed by atoms with Crippen molar-refractivity contribution in [1.82, 2.24) is 0 Å². The van der Waals surface area contributed by atoms with E-state index < -0.39 is 0 Å². The SMILES string of the molecule is CCOc1ccc(NC(=O)c2ccc(NC(=O)COc3cccc(C)c3)cc2)cc1. The highest BCUT2D eigenvalue weighted by molar-refractivity contribution is 6.04. The fourth-order valence-corrected chi connectivity index (χ4v) is 2.76. The molecule has 3 rings (SSSR count). The molecule has 3 aromatic rings. The summed E-state index contributed by atoms with van der Waals surface area (Å²) in [5, 5.41) is 5.58. The van der Waals surface area contributed by atoms with Gasteiger partial charge >= 0.3 is 0 Å². The van der Waals surface area contributed by atoms with Crippen molar-refractivity contribution in [2.75, 3.05) is 23.8 Å². The van der Waals surface area contributed by atoms with Gasteiger partial charge in [0.2, 0.25) is 0 Å². The molecule has 0 aromatic heterocycles. The lowest BCUT2D eigenvalue weighted by Gasteiger charge is -2.09. The Balaban J connectivity index is 1.51. The first-order chi connectivity index (χ1) is 14.5. The Morgan fingerprint density at radius 1 is 0.800 bits per heavy atom. The zero-order chi connectivity index (χ0) is 21.3. The van der Waals surface area contributed by atoms with E-state index in [-0.39, 0.29) is 18.4 Å². The maximum absolute atomic E-state index is 12.4. The zero-order valence-corrected chi connectivity index (χ0v) is 17.0. The summed E-state index contributed by atoms with van der Waals surface area (Å²) in [6, 6.07) is 21.3. The highest BCUT2D eigenvalue weighted by Crippen LogP contribution is 2.17. The van der Waals surface area contributed by atoms with Crippen LogP contribution in [0.4, 0.5) is 11.4 Å². The predicted octanol–water partition coefficient (Wildman–Crippen LogP) is 4.66. The lowest BCUT2D eigenvalue weighted by molar-refractivity contribution is -0.118. The van der Waals surface area contributed by atoms with Gasteiger partial charge in [0.1, 0.15) is 11.5 Å². The van der Waals surface area contributed by atoms with Gasteiger partial charge in [0.05, 0.1) is 6.61 Å². The van der Waals surface area contributed by atoms with Crippen LogP contribution in [-0.4, -0.2) is 25.0 Å². The maximum atomic E-state index is 12.4. The lowest BCUT2D eigenvalue weighted by Crippen LogP contribution is -2.20. The molecule has 2 amide bonds. The first kappa shape index (κ1) is 20.9. The van der Waals surface area contributed by atoms with Crippen LogP contribution in [0.1, 0.15) is 22.8 Å². The van der Waals surface area contributed by atoms with Crippen molar-refractivity contribution in [1.29, 1.82) is 0 Å². The van der Waals surface area contributed by atoms with E-state index in [4.69, 9.17) is 9.47 Å². The van der Waals surface area contributed by atoms with E-state index in [1.165, 1.54) is 0 Å². The number of rotatable bonds is 8. The first-order valence-corrected chi connectivity index (χ1v) is 9.67. The Morgan fingerprint density at radius 3 is 2.13 bits per heavy atom. The maximum Gasteiger partial charge on any atom is 0.262 e. The van der Waals surface area contributed by atoms with Gasteiger partial charge in [-0.15, -0.1) is 0 Å². The second-order valence-electron chi connectivity index (χ2n) is 6.64. The molecule has 0 unspecified atom stereocenters. The van der Waals surface area contributed by atoms with Crippen LogP contribution in [-0.2, 0) is 4.79 Å². The molecular formula is C24H24N2O4. The average molecular weight is 404 g/mol. The van der Waals surface area contributed by atoms with E-state index in [1.54, 1.807) is 54.6 Å². The fourth-order valence-electron chi connectivity index (χ4n) is 2.76. The van der Waals surface area contributed by atoms with Crippen LogP contribution in [0.5, 0.6) is 11.5 Å². The number of aryl methyl sites for hydroxylation is 1. The van der Waals surface area contributed by atoms with E-state index in [9.17, 15) is 9.59 Å². The summed E-state index contributed by atoms with van der Waals surface area (Å²) in [7, 11) is 0. The quantitative estimate of drug-likeness (QED) is 0.572. The summed E-state index contributed by atoms with van der Waals surface area (Å²) >= 11 is 0. The molecule has 0 saturated carbocycles. The lowest BCUT2D eigenvalue weighted by atomic mass is 10.2. The number of benzene rings is 3. The molecule has 0 aliphatic rings. The van der Waals surface area contributed by atoms with Crippen molar-refractivity contribution >= 4 is 23.2 Å². The van der Waals surface area contributed by atoms with Gasteiger partial charge < -0.3 is 20.1 Å². The number of carbonyl (C=O) groups is 2. The molecule has 154 valence electrons. The third-order valence-electron chi connectivity index (χ3n) is 4.21. The van der Waals surface area contributed by atoms with Crippen LogP contribution >= 0.6 is 0 Å². The zero-order valence-electron chi connectivity index (χ0n) is 17.0. The Morgan fingerprint density at radius 2 is 1.47 bits per heavy atom. The highest BCUT2D eigenvalue weighted by atomic mass is 16.5. The second kappa shape index (κ2) is 10.1. The summed E-state index contributed by atoms with van der Waals surface area (Å²) in [6.07, 6.45) is 0. The number of hydrogen-bond acceptors (Lipinski definition) is 4. The van der Waals surface area contributed by atoms with Crippen molar-refractivity contribution < 1.29 is 19.1 Å². The molecule has 2 N–H and O–H groups in total. The molecule has 0 aliphatic carbocycles. The molecule has 0 saturated heterocycles. The van der Waals surface area contributed by atoms with E-state index in [1.807, 2.05) is 32.0 Å². The summed E-state index contributed by atoms with van der Waals surface area (Å²) < 4.78 is 10.9. The standard InChI is InChI=1S/C24H24N2O4/c1-3-29-21-13-11-20(12-14-21)26-24(28)18-7-9-19(10-8-18)25-23(27)16-30-22-6-4-5-17(2)15-22/h4-15H,3,16H2,1-2H3,(H,25,27)(H,26,28). The van der Waals surface area contributed by atoms with Crippen LogP contribution in [0.2, 0.25) is 0 Å². The fraction of sp³-hybridized carbons (Fsp3) is 0.167. The first-order valence-electron chi connectivity index (χ1n) is 9.67. The molecule has 0 aliphatic heterocycles. The number of anilines is 2. The Bertz CT molecular complexity index is 998. The smallest absolute Gasteiger partial charge is 0.262 e. The molecule has 0 bridgehead atoms. The molecule has 0 fully saturated rings. The third-order valence-corrected chi connectivity index (χ3v) is 4.21. The minimum atomic E-state index is -0.275. The van der Waals surface area contributed by atoms with Crippen molar-refractivity contribution in [3.63, 3.8) is 0 Å². The summed E-state index contributed by atoms with van der Waals surface area (Å²) in [5.41, 5.74) is 2.81. The molecule has 0 atom stereocenters. The monoisotopic (exact) mass is 404 g/mol. The number of carbonyl (C=O) groups excluding carboxylic acids is 2. The highest BCUT2D eigenvalue weighted by Gasteiger charge is 2.08. The van der Waals surface area contributed by atoms with Gasteiger partial charge in [-0.05, 0) is 80.1 Å². The van der Waals surface area contributed by atoms with E-state index >= 15 is 0 Å².